The van der Waals surface area contributed by atoms with E-state index in [9.17, 15) is 4.79 Å². The monoisotopic (exact) mass is 348 g/mol. The average Bonchev–Trinajstić information content (AvgIpc) is 3.12. The Morgan fingerprint density at radius 1 is 1.24 bits per heavy atom. The first-order valence-corrected chi connectivity index (χ1v) is 9.55. The van der Waals surface area contributed by atoms with E-state index >= 15 is 0 Å². The highest BCUT2D eigenvalue weighted by molar-refractivity contribution is 5.75. The van der Waals surface area contributed by atoms with Gasteiger partial charge in [-0.3, -0.25) is 19.2 Å². The van der Waals surface area contributed by atoms with E-state index in [1.54, 1.807) is 5.06 Å². The molecule has 2 fully saturated rings. The van der Waals surface area contributed by atoms with E-state index < -0.39 is 0 Å². The van der Waals surface area contributed by atoms with Crippen LogP contribution in [0.4, 0.5) is 0 Å². The number of amides is 1. The summed E-state index contributed by atoms with van der Waals surface area (Å²) < 4.78 is 7.52. The van der Waals surface area contributed by atoms with Crippen LogP contribution in [-0.2, 0) is 20.9 Å². The van der Waals surface area contributed by atoms with Gasteiger partial charge in [-0.25, -0.2) is 5.06 Å². The maximum atomic E-state index is 12.6. The van der Waals surface area contributed by atoms with E-state index in [4.69, 9.17) is 9.57 Å². The van der Waals surface area contributed by atoms with Crippen molar-refractivity contribution in [3.8, 4) is 0 Å². The van der Waals surface area contributed by atoms with Crippen LogP contribution in [0.2, 0.25) is 0 Å². The van der Waals surface area contributed by atoms with Gasteiger partial charge in [-0.05, 0) is 37.7 Å². The van der Waals surface area contributed by atoms with Gasteiger partial charge in [-0.15, -0.1) is 0 Å². The molecule has 3 aliphatic rings. The van der Waals surface area contributed by atoms with Gasteiger partial charge in [0.25, 0.3) is 0 Å². The molecular weight excluding hydrogens is 320 g/mol. The number of fused-ring (bicyclic) bond motifs is 1. The number of carbonyl (C=O) groups excluding carboxylic acids is 1. The molecule has 0 aromatic carbocycles. The summed E-state index contributed by atoms with van der Waals surface area (Å²) >= 11 is 0. The van der Waals surface area contributed by atoms with Gasteiger partial charge in [0.05, 0.1) is 24.8 Å². The Morgan fingerprint density at radius 3 is 2.92 bits per heavy atom. The normalized spacial score (nSPS) is 25.8. The SMILES string of the molecule is O=C(C[C@@H]1CN(CC2CCOCC2)Cc2ccnn21)N1CCCCO1. The molecule has 3 aliphatic heterocycles. The molecule has 0 radical (unpaired) electrons. The number of hydrogen-bond acceptors (Lipinski definition) is 5. The van der Waals surface area contributed by atoms with Crippen LogP contribution in [0.3, 0.4) is 0 Å². The third-order valence-electron chi connectivity index (χ3n) is 5.50. The van der Waals surface area contributed by atoms with Crippen molar-refractivity contribution >= 4 is 5.91 Å². The Morgan fingerprint density at radius 2 is 2.12 bits per heavy atom. The Bertz CT molecular complexity index is 579. The predicted molar refractivity (Wildman–Crippen MR) is 91.6 cm³/mol. The Balaban J connectivity index is 1.40. The summed E-state index contributed by atoms with van der Waals surface area (Å²) in [5.41, 5.74) is 1.20. The Hall–Kier alpha value is -1.44. The predicted octanol–water partition coefficient (Wildman–Crippen LogP) is 1.61. The molecule has 0 saturated carbocycles. The van der Waals surface area contributed by atoms with Gasteiger partial charge in [-0.1, -0.05) is 0 Å². The highest BCUT2D eigenvalue weighted by atomic mass is 16.7. The van der Waals surface area contributed by atoms with E-state index in [-0.39, 0.29) is 11.9 Å². The zero-order valence-corrected chi connectivity index (χ0v) is 14.8. The van der Waals surface area contributed by atoms with Crippen LogP contribution < -0.4 is 0 Å². The molecule has 7 nitrogen and oxygen atoms in total. The minimum atomic E-state index is 0.0825. The lowest BCUT2D eigenvalue weighted by Crippen LogP contribution is -2.43. The summed E-state index contributed by atoms with van der Waals surface area (Å²) in [4.78, 5) is 20.6. The molecule has 1 amide bonds. The second-order valence-electron chi connectivity index (χ2n) is 7.41. The van der Waals surface area contributed by atoms with Crippen LogP contribution in [0, 0.1) is 5.92 Å². The second-order valence-corrected chi connectivity index (χ2v) is 7.41. The first-order valence-electron chi connectivity index (χ1n) is 9.55. The van der Waals surface area contributed by atoms with Crippen LogP contribution in [0.15, 0.2) is 12.3 Å². The van der Waals surface area contributed by atoms with Gasteiger partial charge in [0, 0.05) is 45.6 Å². The zero-order chi connectivity index (χ0) is 17.1. The molecular formula is C18H28N4O3. The van der Waals surface area contributed by atoms with E-state index in [0.29, 0.717) is 25.5 Å². The van der Waals surface area contributed by atoms with Crippen molar-refractivity contribution in [1.29, 1.82) is 0 Å². The van der Waals surface area contributed by atoms with Crippen molar-refractivity contribution in [1.82, 2.24) is 19.7 Å². The third-order valence-corrected chi connectivity index (χ3v) is 5.50. The van der Waals surface area contributed by atoms with Crippen molar-refractivity contribution in [3.63, 3.8) is 0 Å². The summed E-state index contributed by atoms with van der Waals surface area (Å²) in [5, 5.41) is 6.04. The van der Waals surface area contributed by atoms with E-state index in [1.165, 1.54) is 5.69 Å². The maximum absolute atomic E-state index is 12.6. The molecule has 0 aliphatic carbocycles. The third kappa shape index (κ3) is 4.04. The topological polar surface area (TPSA) is 59.8 Å². The van der Waals surface area contributed by atoms with Crippen molar-refractivity contribution in [2.24, 2.45) is 5.92 Å². The smallest absolute Gasteiger partial charge is 0.248 e. The number of ether oxygens (including phenoxy) is 1. The number of nitrogens with zero attached hydrogens (tertiary/aromatic N) is 4. The highest BCUT2D eigenvalue weighted by Gasteiger charge is 2.31. The van der Waals surface area contributed by atoms with E-state index in [2.05, 4.69) is 16.1 Å². The molecule has 0 unspecified atom stereocenters. The van der Waals surface area contributed by atoms with Gasteiger partial charge >= 0.3 is 0 Å². The van der Waals surface area contributed by atoms with Gasteiger partial charge in [0.2, 0.25) is 5.91 Å². The van der Waals surface area contributed by atoms with Crippen LogP contribution >= 0.6 is 0 Å². The number of carbonyl (C=O) groups is 1. The van der Waals surface area contributed by atoms with Crippen LogP contribution in [0.1, 0.15) is 43.8 Å². The standard InChI is InChI=1S/C18H28N4O3/c23-18(21-7-1-2-8-25-21)11-17-14-20(12-15-4-9-24-10-5-15)13-16-3-6-19-22(16)17/h3,6,15,17H,1-2,4-5,7-14H2/t17-/m1/s1. The van der Waals surface area contributed by atoms with Crippen molar-refractivity contribution < 1.29 is 14.4 Å². The molecule has 4 rings (SSSR count). The molecule has 25 heavy (non-hydrogen) atoms. The Kier molecular flexibility index (Phi) is 5.33. The van der Waals surface area contributed by atoms with Crippen LogP contribution in [-0.4, -0.2) is 65.1 Å². The summed E-state index contributed by atoms with van der Waals surface area (Å²) in [6.07, 6.45) is 6.65. The lowest BCUT2D eigenvalue weighted by atomic mass is 9.98. The highest BCUT2D eigenvalue weighted by Crippen LogP contribution is 2.26. The average molecular weight is 348 g/mol. The summed E-state index contributed by atoms with van der Waals surface area (Å²) in [6, 6.07) is 2.17. The van der Waals surface area contributed by atoms with Gasteiger partial charge in [0.1, 0.15) is 0 Å². The molecule has 4 heterocycles. The molecule has 138 valence electrons. The van der Waals surface area contributed by atoms with E-state index in [0.717, 1.165) is 58.5 Å². The summed E-state index contributed by atoms with van der Waals surface area (Å²) in [5.74, 6) is 0.782. The van der Waals surface area contributed by atoms with Gasteiger partial charge < -0.3 is 4.74 Å². The molecule has 7 heteroatoms. The Labute approximate surface area is 148 Å². The molecule has 0 N–H and O–H groups in total. The lowest BCUT2D eigenvalue weighted by Gasteiger charge is -2.37. The number of aromatic nitrogens is 2. The number of hydrogen-bond donors (Lipinski definition) is 0. The van der Waals surface area contributed by atoms with Crippen LogP contribution in [0.25, 0.3) is 0 Å². The first-order chi connectivity index (χ1) is 12.3. The fourth-order valence-electron chi connectivity index (χ4n) is 4.15. The van der Waals surface area contributed by atoms with Crippen molar-refractivity contribution in [3.05, 3.63) is 18.0 Å². The molecule has 1 atom stereocenters. The molecule has 1 aromatic rings. The fourth-order valence-corrected chi connectivity index (χ4v) is 4.15. The van der Waals surface area contributed by atoms with Gasteiger partial charge in [0.15, 0.2) is 0 Å². The molecule has 2 saturated heterocycles. The summed E-state index contributed by atoms with van der Waals surface area (Å²) in [6.45, 7) is 6.01. The molecule has 1 aromatic heterocycles. The van der Waals surface area contributed by atoms with Crippen molar-refractivity contribution in [2.45, 2.75) is 44.7 Å². The largest absolute Gasteiger partial charge is 0.381 e. The zero-order valence-electron chi connectivity index (χ0n) is 14.8. The minimum Gasteiger partial charge on any atom is -0.381 e. The minimum absolute atomic E-state index is 0.0825. The first kappa shape index (κ1) is 17.0. The van der Waals surface area contributed by atoms with Gasteiger partial charge in [-0.2, -0.15) is 5.10 Å². The van der Waals surface area contributed by atoms with Crippen molar-refractivity contribution in [2.75, 3.05) is 39.5 Å². The number of rotatable bonds is 4. The van der Waals surface area contributed by atoms with E-state index in [1.807, 2.05) is 10.9 Å². The maximum Gasteiger partial charge on any atom is 0.248 e. The lowest BCUT2D eigenvalue weighted by molar-refractivity contribution is -0.198. The molecule has 0 bridgehead atoms. The summed E-state index contributed by atoms with van der Waals surface area (Å²) in [7, 11) is 0. The van der Waals surface area contributed by atoms with Crippen LogP contribution in [0.5, 0.6) is 0 Å². The number of hydroxylamine groups is 2. The quantitative estimate of drug-likeness (QED) is 0.827. The fraction of sp³-hybridized carbons (Fsp3) is 0.778. The second kappa shape index (κ2) is 7.85. The molecule has 0 spiro atoms.